The Bertz CT molecular complexity index is 390. The third kappa shape index (κ3) is 2.69. The first-order valence-corrected chi connectivity index (χ1v) is 4.26. The van der Waals surface area contributed by atoms with Crippen LogP contribution in [0, 0.1) is 5.41 Å². The molecule has 1 heterocycles. The number of H-pyrrole nitrogens is 1. The van der Waals surface area contributed by atoms with Crippen molar-refractivity contribution in [1.82, 2.24) is 9.97 Å². The van der Waals surface area contributed by atoms with Gasteiger partial charge in [0.15, 0.2) is 0 Å². The zero-order valence-electron chi connectivity index (χ0n) is 8.42. The summed E-state index contributed by atoms with van der Waals surface area (Å²) in [5, 5.41) is 2.59. The van der Waals surface area contributed by atoms with Crippen LogP contribution in [0.2, 0.25) is 0 Å². The van der Waals surface area contributed by atoms with E-state index in [1.807, 2.05) is 0 Å². The van der Waals surface area contributed by atoms with Crippen molar-refractivity contribution in [2.75, 3.05) is 5.32 Å². The quantitative estimate of drug-likeness (QED) is 0.694. The summed E-state index contributed by atoms with van der Waals surface area (Å²) in [5.41, 5.74) is -0.961. The van der Waals surface area contributed by atoms with Gasteiger partial charge in [0.25, 0.3) is 0 Å². The Hall–Kier alpha value is -1.65. The Morgan fingerprint density at radius 3 is 2.64 bits per heavy atom. The van der Waals surface area contributed by atoms with Gasteiger partial charge in [0, 0.05) is 11.6 Å². The van der Waals surface area contributed by atoms with Gasteiger partial charge < -0.3 is 5.32 Å². The van der Waals surface area contributed by atoms with E-state index >= 15 is 0 Å². The van der Waals surface area contributed by atoms with E-state index in [9.17, 15) is 9.59 Å². The van der Waals surface area contributed by atoms with Crippen molar-refractivity contribution in [2.24, 2.45) is 5.41 Å². The van der Waals surface area contributed by atoms with Crippen LogP contribution in [-0.2, 0) is 4.79 Å². The summed E-state index contributed by atoms with van der Waals surface area (Å²) in [7, 11) is 0. The van der Waals surface area contributed by atoms with E-state index < -0.39 is 11.1 Å². The summed E-state index contributed by atoms with van der Waals surface area (Å²) >= 11 is 0. The summed E-state index contributed by atoms with van der Waals surface area (Å²) in [6.07, 6.45) is 1.34. The molecule has 76 valence electrons. The van der Waals surface area contributed by atoms with Crippen molar-refractivity contribution >= 4 is 11.7 Å². The average molecular weight is 195 g/mol. The Balaban J connectivity index is 2.80. The maximum atomic E-state index is 11.5. The summed E-state index contributed by atoms with van der Waals surface area (Å²) in [6, 6.07) is 1.53. The van der Waals surface area contributed by atoms with E-state index in [0.717, 1.165) is 0 Å². The SMILES string of the molecule is CC(C)(C)C(=O)Nc1ccnc(=O)[nH]1. The van der Waals surface area contributed by atoms with E-state index in [2.05, 4.69) is 15.3 Å². The van der Waals surface area contributed by atoms with Crippen LogP contribution in [0.4, 0.5) is 5.82 Å². The number of rotatable bonds is 1. The Morgan fingerprint density at radius 1 is 1.50 bits per heavy atom. The Kier molecular flexibility index (Phi) is 2.69. The molecule has 0 atom stereocenters. The molecule has 0 saturated heterocycles. The second-order valence-corrected chi connectivity index (χ2v) is 3.99. The lowest BCUT2D eigenvalue weighted by Crippen LogP contribution is -2.29. The van der Waals surface area contributed by atoms with Gasteiger partial charge in [0.05, 0.1) is 0 Å². The number of aromatic nitrogens is 2. The van der Waals surface area contributed by atoms with Crippen LogP contribution in [-0.4, -0.2) is 15.9 Å². The number of carbonyl (C=O) groups excluding carboxylic acids is 1. The molecule has 0 aromatic carbocycles. The molecule has 0 aliphatic heterocycles. The van der Waals surface area contributed by atoms with Crippen LogP contribution in [0.25, 0.3) is 0 Å². The molecular weight excluding hydrogens is 182 g/mol. The second-order valence-electron chi connectivity index (χ2n) is 3.99. The molecule has 5 nitrogen and oxygen atoms in total. The molecule has 0 unspecified atom stereocenters. The van der Waals surface area contributed by atoms with Crippen molar-refractivity contribution in [3.05, 3.63) is 22.7 Å². The zero-order valence-corrected chi connectivity index (χ0v) is 8.42. The van der Waals surface area contributed by atoms with Gasteiger partial charge in [0.2, 0.25) is 5.91 Å². The smallest absolute Gasteiger partial charge is 0.312 e. The summed E-state index contributed by atoms with van der Waals surface area (Å²) < 4.78 is 0. The second kappa shape index (κ2) is 3.61. The number of nitrogens with one attached hydrogen (secondary N) is 2. The molecule has 0 radical (unpaired) electrons. The van der Waals surface area contributed by atoms with Crippen molar-refractivity contribution in [1.29, 1.82) is 0 Å². The molecule has 1 rings (SSSR count). The highest BCUT2D eigenvalue weighted by molar-refractivity contribution is 5.93. The lowest BCUT2D eigenvalue weighted by atomic mass is 9.96. The normalized spacial score (nSPS) is 11.1. The Morgan fingerprint density at radius 2 is 2.14 bits per heavy atom. The lowest BCUT2D eigenvalue weighted by molar-refractivity contribution is -0.123. The van der Waals surface area contributed by atoms with Crippen molar-refractivity contribution < 1.29 is 4.79 Å². The first kappa shape index (κ1) is 10.4. The van der Waals surface area contributed by atoms with Gasteiger partial charge in [0.1, 0.15) is 5.82 Å². The zero-order chi connectivity index (χ0) is 10.8. The summed E-state index contributed by atoms with van der Waals surface area (Å²) in [5.74, 6) is 0.212. The largest absolute Gasteiger partial charge is 0.346 e. The minimum atomic E-state index is -0.486. The van der Waals surface area contributed by atoms with Crippen molar-refractivity contribution in [3.63, 3.8) is 0 Å². The molecule has 0 spiro atoms. The topological polar surface area (TPSA) is 74.8 Å². The molecule has 0 saturated carbocycles. The van der Waals surface area contributed by atoms with Crippen molar-refractivity contribution in [3.8, 4) is 0 Å². The molecule has 0 bridgehead atoms. The molecule has 0 aliphatic rings. The van der Waals surface area contributed by atoms with Crippen LogP contribution in [0.3, 0.4) is 0 Å². The van der Waals surface area contributed by atoms with Gasteiger partial charge in [-0.3, -0.25) is 9.78 Å². The number of hydrogen-bond acceptors (Lipinski definition) is 3. The van der Waals surface area contributed by atoms with E-state index in [1.54, 1.807) is 20.8 Å². The summed E-state index contributed by atoms with van der Waals surface area (Å²) in [4.78, 5) is 28.2. The van der Waals surface area contributed by atoms with E-state index in [-0.39, 0.29) is 5.91 Å². The van der Waals surface area contributed by atoms with E-state index in [0.29, 0.717) is 5.82 Å². The van der Waals surface area contributed by atoms with E-state index in [1.165, 1.54) is 12.3 Å². The highest BCUT2D eigenvalue weighted by atomic mass is 16.2. The van der Waals surface area contributed by atoms with Crippen LogP contribution < -0.4 is 11.0 Å². The molecule has 14 heavy (non-hydrogen) atoms. The first-order valence-electron chi connectivity index (χ1n) is 4.26. The molecular formula is C9H13N3O2. The van der Waals surface area contributed by atoms with Gasteiger partial charge >= 0.3 is 5.69 Å². The van der Waals surface area contributed by atoms with Gasteiger partial charge in [-0.25, -0.2) is 9.78 Å². The van der Waals surface area contributed by atoms with Gasteiger partial charge in [-0.2, -0.15) is 0 Å². The fourth-order valence-corrected chi connectivity index (χ4v) is 0.751. The monoisotopic (exact) mass is 195 g/mol. The number of hydrogen-bond donors (Lipinski definition) is 2. The van der Waals surface area contributed by atoms with Crippen LogP contribution in [0.15, 0.2) is 17.1 Å². The van der Waals surface area contributed by atoms with Crippen LogP contribution in [0.5, 0.6) is 0 Å². The maximum Gasteiger partial charge on any atom is 0.346 e. The number of amides is 1. The van der Waals surface area contributed by atoms with Gasteiger partial charge in [-0.1, -0.05) is 20.8 Å². The van der Waals surface area contributed by atoms with E-state index in [4.69, 9.17) is 0 Å². The number of nitrogens with zero attached hydrogens (tertiary/aromatic N) is 1. The minimum absolute atomic E-state index is 0.153. The van der Waals surface area contributed by atoms with Crippen LogP contribution >= 0.6 is 0 Å². The fraction of sp³-hybridized carbons (Fsp3) is 0.444. The molecule has 1 amide bonds. The first-order chi connectivity index (χ1) is 6.39. The highest BCUT2D eigenvalue weighted by Gasteiger charge is 2.21. The molecule has 1 aromatic heterocycles. The van der Waals surface area contributed by atoms with Gasteiger partial charge in [-0.15, -0.1) is 0 Å². The van der Waals surface area contributed by atoms with Crippen LogP contribution in [0.1, 0.15) is 20.8 Å². The number of anilines is 1. The number of aromatic amines is 1. The molecule has 2 N–H and O–H groups in total. The predicted octanol–water partition coefficient (Wildman–Crippen LogP) is 0.754. The third-order valence-corrected chi connectivity index (χ3v) is 1.60. The highest BCUT2D eigenvalue weighted by Crippen LogP contribution is 2.15. The standard InChI is InChI=1S/C9H13N3O2/c1-9(2,3)7(13)11-6-4-5-10-8(14)12-6/h4-5H,1-3H3,(H2,10,11,12,13,14). The lowest BCUT2D eigenvalue weighted by Gasteiger charge is -2.16. The fourth-order valence-electron chi connectivity index (χ4n) is 0.751. The molecule has 0 fully saturated rings. The maximum absolute atomic E-state index is 11.5. The minimum Gasteiger partial charge on any atom is -0.312 e. The molecule has 5 heteroatoms. The molecule has 0 aliphatic carbocycles. The predicted molar refractivity (Wildman–Crippen MR) is 52.9 cm³/mol. The average Bonchev–Trinajstić information content (AvgIpc) is 2.02. The number of carbonyl (C=O) groups is 1. The molecule has 1 aromatic rings. The summed E-state index contributed by atoms with van der Waals surface area (Å²) in [6.45, 7) is 5.38. The van der Waals surface area contributed by atoms with Gasteiger partial charge in [-0.05, 0) is 6.07 Å². The van der Waals surface area contributed by atoms with Crippen molar-refractivity contribution in [2.45, 2.75) is 20.8 Å². The Labute approximate surface area is 81.6 Å². The third-order valence-electron chi connectivity index (χ3n) is 1.60.